The van der Waals surface area contributed by atoms with Crippen LogP contribution in [0.2, 0.25) is 0 Å². The SMILES string of the molecule is NNc1ncnc(NCc2cc(F)ccc2F)c1[N+](=O)[O-]. The van der Waals surface area contributed by atoms with E-state index < -0.39 is 22.2 Å². The number of nitrogens with zero attached hydrogens (tertiary/aromatic N) is 3. The van der Waals surface area contributed by atoms with Crippen LogP contribution in [-0.4, -0.2) is 14.9 Å². The van der Waals surface area contributed by atoms with Gasteiger partial charge in [0.1, 0.15) is 18.0 Å². The fourth-order valence-electron chi connectivity index (χ4n) is 1.64. The van der Waals surface area contributed by atoms with Crippen LogP contribution in [-0.2, 0) is 6.54 Å². The van der Waals surface area contributed by atoms with E-state index >= 15 is 0 Å². The standard InChI is InChI=1S/C11H10F2N6O2/c12-7-1-2-8(13)6(3-7)4-15-10-9(19(20)21)11(18-14)17-5-16-10/h1-3,5H,4,14H2,(H2,15,16,17,18). The second kappa shape index (κ2) is 6.05. The molecule has 0 saturated heterocycles. The molecule has 0 aliphatic carbocycles. The molecule has 1 aromatic heterocycles. The zero-order chi connectivity index (χ0) is 15.4. The molecule has 0 amide bonds. The number of nitro groups is 1. The van der Waals surface area contributed by atoms with Crippen molar-refractivity contribution in [3.05, 3.63) is 51.8 Å². The topological polar surface area (TPSA) is 119 Å². The fourth-order valence-corrected chi connectivity index (χ4v) is 1.64. The number of hydrogen-bond acceptors (Lipinski definition) is 7. The monoisotopic (exact) mass is 296 g/mol. The molecule has 0 saturated carbocycles. The predicted molar refractivity (Wildman–Crippen MR) is 70.2 cm³/mol. The van der Waals surface area contributed by atoms with E-state index in [4.69, 9.17) is 5.84 Å². The highest BCUT2D eigenvalue weighted by atomic mass is 19.1. The summed E-state index contributed by atoms with van der Waals surface area (Å²) in [6, 6.07) is 2.92. The van der Waals surface area contributed by atoms with Crippen molar-refractivity contribution in [2.24, 2.45) is 5.84 Å². The molecular formula is C11H10F2N6O2. The highest BCUT2D eigenvalue weighted by Crippen LogP contribution is 2.28. The molecule has 0 spiro atoms. The van der Waals surface area contributed by atoms with E-state index in [9.17, 15) is 18.9 Å². The number of nitrogens with one attached hydrogen (secondary N) is 2. The van der Waals surface area contributed by atoms with Crippen LogP contribution in [0.15, 0.2) is 24.5 Å². The summed E-state index contributed by atoms with van der Waals surface area (Å²) in [5, 5.41) is 13.5. The molecule has 0 fully saturated rings. The van der Waals surface area contributed by atoms with E-state index in [2.05, 4.69) is 20.7 Å². The van der Waals surface area contributed by atoms with Gasteiger partial charge in [0.15, 0.2) is 0 Å². The van der Waals surface area contributed by atoms with Gasteiger partial charge in [-0.25, -0.2) is 24.6 Å². The number of rotatable bonds is 5. The first kappa shape index (κ1) is 14.5. The quantitative estimate of drug-likeness (QED) is 0.435. The molecule has 10 heteroatoms. The van der Waals surface area contributed by atoms with Crippen molar-refractivity contribution in [1.29, 1.82) is 0 Å². The van der Waals surface area contributed by atoms with E-state index in [1.165, 1.54) is 0 Å². The van der Waals surface area contributed by atoms with Crippen molar-refractivity contribution in [3.8, 4) is 0 Å². The second-order valence-electron chi connectivity index (χ2n) is 3.91. The van der Waals surface area contributed by atoms with Gasteiger partial charge >= 0.3 is 5.69 Å². The maximum absolute atomic E-state index is 13.5. The van der Waals surface area contributed by atoms with Gasteiger partial charge in [-0.05, 0) is 18.2 Å². The lowest BCUT2D eigenvalue weighted by molar-refractivity contribution is -0.383. The normalized spacial score (nSPS) is 10.2. The molecule has 110 valence electrons. The van der Waals surface area contributed by atoms with Gasteiger partial charge in [0.25, 0.3) is 0 Å². The summed E-state index contributed by atoms with van der Waals surface area (Å²) in [5.41, 5.74) is 1.58. The van der Waals surface area contributed by atoms with Crippen LogP contribution < -0.4 is 16.6 Å². The van der Waals surface area contributed by atoms with Crippen LogP contribution in [0.25, 0.3) is 0 Å². The van der Waals surface area contributed by atoms with Gasteiger partial charge in [-0.2, -0.15) is 0 Å². The van der Waals surface area contributed by atoms with Crippen LogP contribution in [0.1, 0.15) is 5.56 Å². The fraction of sp³-hybridized carbons (Fsp3) is 0.0909. The molecule has 0 unspecified atom stereocenters. The molecule has 8 nitrogen and oxygen atoms in total. The Morgan fingerprint density at radius 1 is 1.29 bits per heavy atom. The van der Waals surface area contributed by atoms with Gasteiger partial charge < -0.3 is 10.7 Å². The van der Waals surface area contributed by atoms with Crippen molar-refractivity contribution < 1.29 is 13.7 Å². The maximum Gasteiger partial charge on any atom is 0.354 e. The lowest BCUT2D eigenvalue weighted by Crippen LogP contribution is -2.14. The van der Waals surface area contributed by atoms with Crippen LogP contribution in [0, 0.1) is 21.7 Å². The summed E-state index contributed by atoms with van der Waals surface area (Å²) >= 11 is 0. The number of aromatic nitrogens is 2. The molecule has 1 aromatic carbocycles. The Hall–Kier alpha value is -2.88. The summed E-state index contributed by atoms with van der Waals surface area (Å²) in [6.45, 7) is -0.189. The van der Waals surface area contributed by atoms with E-state index in [1.807, 2.05) is 0 Å². The number of hydrogen-bond donors (Lipinski definition) is 3. The summed E-state index contributed by atoms with van der Waals surface area (Å²) < 4.78 is 26.5. The summed E-state index contributed by atoms with van der Waals surface area (Å²) in [6.07, 6.45) is 1.05. The predicted octanol–water partition coefficient (Wildman–Crippen LogP) is 1.56. The summed E-state index contributed by atoms with van der Waals surface area (Å²) in [5.74, 6) is 3.51. The first-order valence-electron chi connectivity index (χ1n) is 5.66. The largest absolute Gasteiger partial charge is 0.360 e. The van der Waals surface area contributed by atoms with Crippen LogP contribution in [0.3, 0.4) is 0 Å². The summed E-state index contributed by atoms with van der Waals surface area (Å²) in [7, 11) is 0. The number of hydrazine groups is 1. The molecule has 0 radical (unpaired) electrons. The van der Waals surface area contributed by atoms with Gasteiger partial charge in [0, 0.05) is 12.1 Å². The Kier molecular flexibility index (Phi) is 4.18. The first-order valence-corrected chi connectivity index (χ1v) is 5.66. The third-order valence-corrected chi connectivity index (χ3v) is 2.60. The Labute approximate surface area is 117 Å². The van der Waals surface area contributed by atoms with E-state index in [-0.39, 0.29) is 23.7 Å². The number of anilines is 2. The van der Waals surface area contributed by atoms with Gasteiger partial charge in [0.05, 0.1) is 4.92 Å². The molecule has 0 aliphatic rings. The lowest BCUT2D eigenvalue weighted by Gasteiger charge is -2.08. The van der Waals surface area contributed by atoms with E-state index in [1.54, 1.807) is 0 Å². The minimum atomic E-state index is -0.737. The van der Waals surface area contributed by atoms with Crippen LogP contribution in [0.4, 0.5) is 26.1 Å². The van der Waals surface area contributed by atoms with Crippen molar-refractivity contribution in [2.75, 3.05) is 10.7 Å². The lowest BCUT2D eigenvalue weighted by atomic mass is 10.2. The van der Waals surface area contributed by atoms with Crippen LogP contribution in [0.5, 0.6) is 0 Å². The average Bonchev–Trinajstić information content (AvgIpc) is 2.47. The van der Waals surface area contributed by atoms with Crippen molar-refractivity contribution in [3.63, 3.8) is 0 Å². The summed E-state index contributed by atoms with van der Waals surface area (Å²) in [4.78, 5) is 17.6. The highest BCUT2D eigenvalue weighted by Gasteiger charge is 2.22. The van der Waals surface area contributed by atoms with Gasteiger partial charge in [0.2, 0.25) is 11.6 Å². The number of halogens is 2. The molecule has 0 bridgehead atoms. The van der Waals surface area contributed by atoms with Gasteiger partial charge in [-0.3, -0.25) is 10.1 Å². The molecular weight excluding hydrogens is 286 g/mol. The van der Waals surface area contributed by atoms with E-state index in [0.717, 1.165) is 24.5 Å². The average molecular weight is 296 g/mol. The minimum absolute atomic E-state index is 0.00479. The van der Waals surface area contributed by atoms with Crippen LogP contribution >= 0.6 is 0 Å². The first-order chi connectivity index (χ1) is 10.0. The molecule has 0 atom stereocenters. The van der Waals surface area contributed by atoms with Crippen molar-refractivity contribution >= 4 is 17.3 Å². The number of nitrogen functional groups attached to an aromatic ring is 1. The van der Waals surface area contributed by atoms with Crippen molar-refractivity contribution in [1.82, 2.24) is 9.97 Å². The van der Waals surface area contributed by atoms with E-state index in [0.29, 0.717) is 0 Å². The molecule has 2 rings (SSSR count). The molecule has 4 N–H and O–H groups in total. The van der Waals surface area contributed by atoms with Gasteiger partial charge in [-0.15, -0.1) is 0 Å². The molecule has 1 heterocycles. The highest BCUT2D eigenvalue weighted by molar-refractivity contribution is 5.68. The minimum Gasteiger partial charge on any atom is -0.360 e. The Morgan fingerprint density at radius 3 is 2.67 bits per heavy atom. The Bertz CT molecular complexity index is 682. The molecule has 21 heavy (non-hydrogen) atoms. The zero-order valence-corrected chi connectivity index (χ0v) is 10.5. The van der Waals surface area contributed by atoms with Gasteiger partial charge in [-0.1, -0.05) is 0 Å². The Balaban J connectivity index is 2.28. The second-order valence-corrected chi connectivity index (χ2v) is 3.91. The maximum atomic E-state index is 13.5. The number of benzene rings is 1. The Morgan fingerprint density at radius 2 is 2.00 bits per heavy atom. The third kappa shape index (κ3) is 3.17. The van der Waals surface area contributed by atoms with Crippen molar-refractivity contribution in [2.45, 2.75) is 6.54 Å². The number of nitrogens with two attached hydrogens (primary N) is 1. The third-order valence-electron chi connectivity index (χ3n) is 2.60. The molecule has 2 aromatic rings. The smallest absolute Gasteiger partial charge is 0.354 e. The zero-order valence-electron chi connectivity index (χ0n) is 10.5. The molecule has 0 aliphatic heterocycles.